The lowest BCUT2D eigenvalue weighted by molar-refractivity contribution is -0.137. The number of carbonyl (C=O) groups excluding carboxylic acids is 1. The molecule has 0 aliphatic heterocycles. The number of benzene rings is 2. The molecule has 0 saturated carbocycles. The third-order valence-electron chi connectivity index (χ3n) is 3.04. The molecule has 2 rings (SSSR count). The molecule has 2 aromatic carbocycles. The molecular weight excluding hydrogens is 295 g/mol. The Balaban J connectivity index is 2.06. The Morgan fingerprint density at radius 1 is 1.14 bits per heavy atom. The minimum absolute atomic E-state index is 0.0299. The van der Waals surface area contributed by atoms with Gasteiger partial charge in [0.2, 0.25) is 0 Å². The smallest absolute Gasteiger partial charge is 0.416 e. The summed E-state index contributed by atoms with van der Waals surface area (Å²) in [6, 6.07) is 11.4. The highest BCUT2D eigenvalue weighted by molar-refractivity contribution is 5.94. The van der Waals surface area contributed by atoms with Gasteiger partial charge in [-0.1, -0.05) is 18.2 Å². The highest BCUT2D eigenvalue weighted by atomic mass is 19.4. The van der Waals surface area contributed by atoms with Gasteiger partial charge in [-0.05, 0) is 35.9 Å². The van der Waals surface area contributed by atoms with Gasteiger partial charge in [0, 0.05) is 12.1 Å². The fraction of sp³-hybridized carbons (Fsp3) is 0.188. The van der Waals surface area contributed by atoms with Gasteiger partial charge < -0.3 is 10.1 Å². The molecule has 2 aromatic rings. The Bertz CT molecular complexity index is 668. The predicted molar refractivity (Wildman–Crippen MR) is 75.6 cm³/mol. The average Bonchev–Trinajstić information content (AvgIpc) is 2.52. The maximum absolute atomic E-state index is 12.6. The van der Waals surface area contributed by atoms with Crippen molar-refractivity contribution < 1.29 is 22.7 Å². The summed E-state index contributed by atoms with van der Waals surface area (Å²) in [6.07, 6.45) is -4.47. The lowest BCUT2D eigenvalue weighted by Crippen LogP contribution is -2.23. The van der Waals surface area contributed by atoms with Gasteiger partial charge in [0.05, 0.1) is 12.7 Å². The summed E-state index contributed by atoms with van der Waals surface area (Å²) in [7, 11) is 1.53. The Morgan fingerprint density at radius 3 is 2.55 bits per heavy atom. The van der Waals surface area contributed by atoms with E-state index in [1.165, 1.54) is 19.2 Å². The molecule has 0 spiro atoms. The second-order valence-corrected chi connectivity index (χ2v) is 4.61. The summed E-state index contributed by atoms with van der Waals surface area (Å²) in [5.41, 5.74) is -0.0843. The van der Waals surface area contributed by atoms with E-state index in [1.807, 2.05) is 0 Å². The van der Waals surface area contributed by atoms with Crippen LogP contribution in [0.3, 0.4) is 0 Å². The van der Waals surface area contributed by atoms with Gasteiger partial charge in [0.25, 0.3) is 5.91 Å². The highest BCUT2D eigenvalue weighted by Gasteiger charge is 2.30. The number of rotatable bonds is 4. The molecule has 1 N–H and O–H groups in total. The van der Waals surface area contributed by atoms with E-state index in [2.05, 4.69) is 5.32 Å². The number of nitrogens with one attached hydrogen (secondary N) is 1. The third-order valence-corrected chi connectivity index (χ3v) is 3.04. The van der Waals surface area contributed by atoms with Crippen LogP contribution >= 0.6 is 0 Å². The van der Waals surface area contributed by atoms with Crippen LogP contribution in [0.25, 0.3) is 0 Å². The quantitative estimate of drug-likeness (QED) is 0.936. The maximum atomic E-state index is 12.6. The summed E-state index contributed by atoms with van der Waals surface area (Å²) in [4.78, 5) is 11.9. The number of alkyl halides is 3. The normalized spacial score (nSPS) is 11.1. The van der Waals surface area contributed by atoms with Crippen LogP contribution in [0.15, 0.2) is 48.5 Å². The van der Waals surface area contributed by atoms with E-state index >= 15 is 0 Å². The molecule has 3 nitrogen and oxygen atoms in total. The topological polar surface area (TPSA) is 38.3 Å². The molecule has 0 heterocycles. The lowest BCUT2D eigenvalue weighted by atomic mass is 10.1. The largest absolute Gasteiger partial charge is 0.497 e. The molecule has 116 valence electrons. The number of halogens is 3. The molecule has 0 aliphatic carbocycles. The van der Waals surface area contributed by atoms with E-state index in [1.54, 1.807) is 24.3 Å². The van der Waals surface area contributed by atoms with Crippen molar-refractivity contribution in [3.8, 4) is 5.75 Å². The van der Waals surface area contributed by atoms with Gasteiger partial charge in [0.15, 0.2) is 0 Å². The molecule has 6 heteroatoms. The van der Waals surface area contributed by atoms with Crippen LogP contribution in [0.1, 0.15) is 21.5 Å². The summed E-state index contributed by atoms with van der Waals surface area (Å²) >= 11 is 0. The van der Waals surface area contributed by atoms with Crippen LogP contribution in [-0.4, -0.2) is 13.0 Å². The van der Waals surface area contributed by atoms with Crippen LogP contribution in [0.5, 0.6) is 5.75 Å². The molecule has 0 unspecified atom stereocenters. The molecule has 0 radical (unpaired) electrons. The minimum atomic E-state index is -4.47. The van der Waals surface area contributed by atoms with Crippen LogP contribution < -0.4 is 10.1 Å². The van der Waals surface area contributed by atoms with Gasteiger partial charge in [-0.3, -0.25) is 4.79 Å². The van der Waals surface area contributed by atoms with Crippen molar-refractivity contribution in [2.45, 2.75) is 12.7 Å². The van der Waals surface area contributed by atoms with Gasteiger partial charge in [0.1, 0.15) is 5.75 Å². The van der Waals surface area contributed by atoms with E-state index in [4.69, 9.17) is 4.74 Å². The highest BCUT2D eigenvalue weighted by Crippen LogP contribution is 2.29. The Hall–Kier alpha value is -2.50. The first-order chi connectivity index (χ1) is 10.4. The summed E-state index contributed by atoms with van der Waals surface area (Å²) < 4.78 is 42.9. The Labute approximate surface area is 125 Å². The second kappa shape index (κ2) is 6.51. The number of hydrogen-bond acceptors (Lipinski definition) is 2. The fourth-order valence-electron chi connectivity index (χ4n) is 1.90. The monoisotopic (exact) mass is 309 g/mol. The molecule has 0 bridgehead atoms. The Kier molecular flexibility index (Phi) is 4.70. The molecule has 1 amide bonds. The van der Waals surface area contributed by atoms with Crippen LogP contribution in [0.2, 0.25) is 0 Å². The molecule has 22 heavy (non-hydrogen) atoms. The lowest BCUT2D eigenvalue weighted by Gasteiger charge is -2.10. The van der Waals surface area contributed by atoms with Crippen molar-refractivity contribution in [1.29, 1.82) is 0 Å². The predicted octanol–water partition coefficient (Wildman–Crippen LogP) is 3.64. The molecule has 0 fully saturated rings. The summed E-state index contributed by atoms with van der Waals surface area (Å²) in [6.45, 7) is 0.201. The van der Waals surface area contributed by atoms with Gasteiger partial charge in [-0.2, -0.15) is 13.2 Å². The standard InChI is InChI=1S/C16H14F3NO2/c1-22-14-7-2-4-11(8-14)10-20-15(21)12-5-3-6-13(9-12)16(17,18)19/h2-9H,10H2,1H3,(H,20,21). The fourth-order valence-corrected chi connectivity index (χ4v) is 1.90. The summed E-state index contributed by atoms with van der Waals surface area (Å²) in [5.74, 6) is 0.0831. The first kappa shape index (κ1) is 15.9. The first-order valence-corrected chi connectivity index (χ1v) is 6.48. The SMILES string of the molecule is COc1cccc(CNC(=O)c2cccc(C(F)(F)F)c2)c1. The van der Waals surface area contributed by atoms with E-state index in [9.17, 15) is 18.0 Å². The van der Waals surface area contributed by atoms with Crippen molar-refractivity contribution in [3.05, 3.63) is 65.2 Å². The van der Waals surface area contributed by atoms with Crippen molar-refractivity contribution in [2.75, 3.05) is 7.11 Å². The van der Waals surface area contributed by atoms with E-state index in [-0.39, 0.29) is 12.1 Å². The zero-order valence-electron chi connectivity index (χ0n) is 11.8. The van der Waals surface area contributed by atoms with Crippen molar-refractivity contribution >= 4 is 5.91 Å². The number of carbonyl (C=O) groups is 1. The zero-order chi connectivity index (χ0) is 16.2. The second-order valence-electron chi connectivity index (χ2n) is 4.61. The molecule has 0 aliphatic rings. The van der Waals surface area contributed by atoms with Gasteiger partial charge in [-0.25, -0.2) is 0 Å². The van der Waals surface area contributed by atoms with E-state index < -0.39 is 17.6 Å². The molecule has 0 aromatic heterocycles. The van der Waals surface area contributed by atoms with Crippen LogP contribution in [-0.2, 0) is 12.7 Å². The number of amides is 1. The van der Waals surface area contributed by atoms with Crippen LogP contribution in [0.4, 0.5) is 13.2 Å². The maximum Gasteiger partial charge on any atom is 0.416 e. The average molecular weight is 309 g/mol. The first-order valence-electron chi connectivity index (χ1n) is 6.48. The minimum Gasteiger partial charge on any atom is -0.497 e. The van der Waals surface area contributed by atoms with Gasteiger partial charge >= 0.3 is 6.18 Å². The number of ether oxygens (including phenoxy) is 1. The number of methoxy groups -OCH3 is 1. The van der Waals surface area contributed by atoms with Crippen molar-refractivity contribution in [2.24, 2.45) is 0 Å². The molecule has 0 atom stereocenters. The number of hydrogen-bond donors (Lipinski definition) is 1. The van der Waals surface area contributed by atoms with Crippen LogP contribution in [0, 0.1) is 0 Å². The third kappa shape index (κ3) is 4.00. The van der Waals surface area contributed by atoms with E-state index in [0.29, 0.717) is 5.75 Å². The summed E-state index contributed by atoms with van der Waals surface area (Å²) in [5, 5.41) is 2.58. The van der Waals surface area contributed by atoms with E-state index in [0.717, 1.165) is 17.7 Å². The Morgan fingerprint density at radius 2 is 1.86 bits per heavy atom. The van der Waals surface area contributed by atoms with Crippen molar-refractivity contribution in [1.82, 2.24) is 5.32 Å². The zero-order valence-corrected chi connectivity index (χ0v) is 11.8. The van der Waals surface area contributed by atoms with Crippen molar-refractivity contribution in [3.63, 3.8) is 0 Å². The molecule has 0 saturated heterocycles. The molecular formula is C16H14F3NO2. The van der Waals surface area contributed by atoms with Gasteiger partial charge in [-0.15, -0.1) is 0 Å².